The number of terminal acetylenes is 1. The van der Waals surface area contributed by atoms with Crippen LogP contribution in [0.2, 0.25) is 0 Å². The van der Waals surface area contributed by atoms with E-state index >= 15 is 0 Å². The van der Waals surface area contributed by atoms with Gasteiger partial charge in [0.05, 0.1) is 6.10 Å². The number of hydrogen-bond acceptors (Lipinski definition) is 2. The quantitative estimate of drug-likeness (QED) is 0.698. The van der Waals surface area contributed by atoms with Crippen molar-refractivity contribution in [3.05, 3.63) is 29.8 Å². The van der Waals surface area contributed by atoms with Crippen molar-refractivity contribution in [2.24, 2.45) is 0 Å². The summed E-state index contributed by atoms with van der Waals surface area (Å²) in [5, 5.41) is 9.40. The fourth-order valence-corrected chi connectivity index (χ4v) is 1.89. The Bertz CT molecular complexity index is 355. The molecular weight excluding hydrogens is 186 g/mol. The van der Waals surface area contributed by atoms with Gasteiger partial charge < -0.3 is 10.0 Å². The maximum absolute atomic E-state index is 9.40. The monoisotopic (exact) mass is 201 g/mol. The van der Waals surface area contributed by atoms with Crippen LogP contribution >= 0.6 is 0 Å². The topological polar surface area (TPSA) is 23.5 Å². The fourth-order valence-electron chi connectivity index (χ4n) is 1.89. The number of anilines is 1. The number of piperidine rings is 1. The van der Waals surface area contributed by atoms with Crippen LogP contribution in [0.3, 0.4) is 0 Å². The van der Waals surface area contributed by atoms with Crippen molar-refractivity contribution in [3.8, 4) is 12.3 Å². The molecule has 0 amide bonds. The van der Waals surface area contributed by atoms with Gasteiger partial charge in [-0.15, -0.1) is 6.42 Å². The van der Waals surface area contributed by atoms with Gasteiger partial charge in [0.1, 0.15) is 0 Å². The Balaban J connectivity index is 2.07. The predicted octanol–water partition coefficient (Wildman–Crippen LogP) is 1.63. The van der Waals surface area contributed by atoms with Crippen LogP contribution in [0.25, 0.3) is 0 Å². The average molecular weight is 201 g/mol. The number of nitrogens with zero attached hydrogens (tertiary/aromatic N) is 1. The number of aliphatic hydroxyl groups excluding tert-OH is 1. The molecule has 0 radical (unpaired) electrons. The third kappa shape index (κ3) is 2.31. The normalized spacial score (nSPS) is 17.5. The highest BCUT2D eigenvalue weighted by molar-refractivity contribution is 5.50. The highest BCUT2D eigenvalue weighted by Crippen LogP contribution is 2.20. The van der Waals surface area contributed by atoms with Crippen LogP contribution in [-0.2, 0) is 0 Å². The van der Waals surface area contributed by atoms with E-state index in [4.69, 9.17) is 6.42 Å². The SMILES string of the molecule is C#Cc1ccc(N2CCC(O)CC2)cc1. The van der Waals surface area contributed by atoms with Crippen LogP contribution < -0.4 is 4.90 Å². The van der Waals surface area contributed by atoms with E-state index in [0.29, 0.717) is 0 Å². The summed E-state index contributed by atoms with van der Waals surface area (Å²) in [5.74, 6) is 2.61. The van der Waals surface area contributed by atoms with Gasteiger partial charge in [0.2, 0.25) is 0 Å². The first-order valence-corrected chi connectivity index (χ1v) is 5.29. The first-order valence-electron chi connectivity index (χ1n) is 5.29. The molecule has 1 fully saturated rings. The molecule has 1 saturated heterocycles. The molecule has 1 aromatic carbocycles. The molecule has 0 spiro atoms. The molecule has 2 rings (SSSR count). The summed E-state index contributed by atoms with van der Waals surface area (Å²) >= 11 is 0. The second-order valence-electron chi connectivity index (χ2n) is 3.91. The summed E-state index contributed by atoms with van der Waals surface area (Å²) in [7, 11) is 0. The van der Waals surface area contributed by atoms with E-state index < -0.39 is 0 Å². The maximum atomic E-state index is 9.40. The van der Waals surface area contributed by atoms with Crippen molar-refractivity contribution in [3.63, 3.8) is 0 Å². The molecule has 0 atom stereocenters. The minimum atomic E-state index is -0.119. The molecule has 0 saturated carbocycles. The Hall–Kier alpha value is -1.46. The molecule has 0 unspecified atom stereocenters. The zero-order chi connectivity index (χ0) is 10.7. The first-order chi connectivity index (χ1) is 7.29. The Labute approximate surface area is 90.5 Å². The van der Waals surface area contributed by atoms with Gasteiger partial charge in [-0.2, -0.15) is 0 Å². The van der Waals surface area contributed by atoms with E-state index in [1.165, 1.54) is 5.69 Å². The second kappa shape index (κ2) is 4.37. The van der Waals surface area contributed by atoms with Gasteiger partial charge in [-0.1, -0.05) is 5.92 Å². The summed E-state index contributed by atoms with van der Waals surface area (Å²) in [5.41, 5.74) is 2.11. The van der Waals surface area contributed by atoms with Crippen molar-refractivity contribution in [1.82, 2.24) is 0 Å². The van der Waals surface area contributed by atoms with Crippen molar-refractivity contribution < 1.29 is 5.11 Å². The molecular formula is C13H15NO. The lowest BCUT2D eigenvalue weighted by Crippen LogP contribution is -2.35. The van der Waals surface area contributed by atoms with Crippen LogP contribution in [0, 0.1) is 12.3 Å². The first kappa shape index (κ1) is 10.1. The number of rotatable bonds is 1. The van der Waals surface area contributed by atoms with Crippen molar-refractivity contribution in [1.29, 1.82) is 0 Å². The second-order valence-corrected chi connectivity index (χ2v) is 3.91. The summed E-state index contributed by atoms with van der Waals surface area (Å²) in [6.07, 6.45) is 6.90. The third-order valence-electron chi connectivity index (χ3n) is 2.86. The minimum absolute atomic E-state index is 0.119. The summed E-state index contributed by atoms with van der Waals surface area (Å²) in [4.78, 5) is 2.28. The lowest BCUT2D eigenvalue weighted by atomic mass is 10.1. The zero-order valence-corrected chi connectivity index (χ0v) is 8.69. The number of hydrogen-bond donors (Lipinski definition) is 1. The Morgan fingerprint density at radius 3 is 2.33 bits per heavy atom. The van der Waals surface area contributed by atoms with Crippen molar-refractivity contribution >= 4 is 5.69 Å². The molecule has 1 N–H and O–H groups in total. The van der Waals surface area contributed by atoms with Gasteiger partial charge in [0.15, 0.2) is 0 Å². The fraction of sp³-hybridized carbons (Fsp3) is 0.385. The standard InChI is InChI=1S/C13H15NO/c1-2-11-3-5-12(6-4-11)14-9-7-13(15)8-10-14/h1,3-6,13,15H,7-10H2. The van der Waals surface area contributed by atoms with E-state index in [1.807, 2.05) is 24.3 Å². The molecule has 0 bridgehead atoms. The van der Waals surface area contributed by atoms with E-state index in [1.54, 1.807) is 0 Å². The van der Waals surface area contributed by atoms with Gasteiger partial charge in [0, 0.05) is 24.3 Å². The Morgan fingerprint density at radius 1 is 1.20 bits per heavy atom. The molecule has 1 heterocycles. The summed E-state index contributed by atoms with van der Waals surface area (Å²) in [6.45, 7) is 1.85. The molecule has 2 heteroatoms. The zero-order valence-electron chi connectivity index (χ0n) is 8.69. The lowest BCUT2D eigenvalue weighted by Gasteiger charge is -2.31. The van der Waals surface area contributed by atoms with Gasteiger partial charge >= 0.3 is 0 Å². The van der Waals surface area contributed by atoms with Crippen LogP contribution in [0.5, 0.6) is 0 Å². The Morgan fingerprint density at radius 2 is 1.80 bits per heavy atom. The number of aliphatic hydroxyl groups is 1. The van der Waals surface area contributed by atoms with E-state index in [2.05, 4.69) is 10.8 Å². The molecule has 1 aromatic rings. The van der Waals surface area contributed by atoms with E-state index in [0.717, 1.165) is 31.5 Å². The third-order valence-corrected chi connectivity index (χ3v) is 2.86. The molecule has 15 heavy (non-hydrogen) atoms. The van der Waals surface area contributed by atoms with Crippen LogP contribution in [0.4, 0.5) is 5.69 Å². The minimum Gasteiger partial charge on any atom is -0.393 e. The van der Waals surface area contributed by atoms with Gasteiger partial charge in [0.25, 0.3) is 0 Å². The smallest absolute Gasteiger partial charge is 0.0574 e. The van der Waals surface area contributed by atoms with Crippen LogP contribution in [0.1, 0.15) is 18.4 Å². The maximum Gasteiger partial charge on any atom is 0.0574 e. The van der Waals surface area contributed by atoms with E-state index in [-0.39, 0.29) is 6.10 Å². The lowest BCUT2D eigenvalue weighted by molar-refractivity contribution is 0.145. The summed E-state index contributed by atoms with van der Waals surface area (Å²) < 4.78 is 0. The van der Waals surface area contributed by atoms with Crippen molar-refractivity contribution in [2.45, 2.75) is 18.9 Å². The van der Waals surface area contributed by atoms with E-state index in [9.17, 15) is 5.11 Å². The highest BCUT2D eigenvalue weighted by atomic mass is 16.3. The molecule has 1 aliphatic heterocycles. The van der Waals surface area contributed by atoms with Gasteiger partial charge in [-0.3, -0.25) is 0 Å². The van der Waals surface area contributed by atoms with Crippen molar-refractivity contribution in [2.75, 3.05) is 18.0 Å². The molecule has 0 aliphatic carbocycles. The van der Waals surface area contributed by atoms with Crippen LogP contribution in [0.15, 0.2) is 24.3 Å². The molecule has 78 valence electrons. The molecule has 1 aliphatic rings. The predicted molar refractivity (Wildman–Crippen MR) is 61.8 cm³/mol. The molecule has 0 aromatic heterocycles. The summed E-state index contributed by atoms with van der Waals surface area (Å²) in [6, 6.07) is 8.01. The Kier molecular flexibility index (Phi) is 2.94. The largest absolute Gasteiger partial charge is 0.393 e. The highest BCUT2D eigenvalue weighted by Gasteiger charge is 2.16. The average Bonchev–Trinajstić information content (AvgIpc) is 2.30. The molecule has 2 nitrogen and oxygen atoms in total. The van der Waals surface area contributed by atoms with Crippen LogP contribution in [-0.4, -0.2) is 24.3 Å². The number of benzene rings is 1. The van der Waals surface area contributed by atoms with Gasteiger partial charge in [-0.05, 0) is 37.1 Å². The van der Waals surface area contributed by atoms with Gasteiger partial charge in [-0.25, -0.2) is 0 Å².